The fourth-order valence-electron chi connectivity index (χ4n) is 1.93. The number of nitrogens with two attached hydrogens (primary N) is 1. The van der Waals surface area contributed by atoms with Gasteiger partial charge in [-0.3, -0.25) is 0 Å². The molecule has 2 rings (SSSR count). The zero-order valence-corrected chi connectivity index (χ0v) is 12.0. The molecule has 0 bridgehead atoms. The maximum absolute atomic E-state index is 13.5. The van der Waals surface area contributed by atoms with Crippen LogP contribution in [0.1, 0.15) is 6.42 Å². The second kappa shape index (κ2) is 6.04. The van der Waals surface area contributed by atoms with Crippen molar-refractivity contribution < 1.29 is 17.5 Å². The summed E-state index contributed by atoms with van der Waals surface area (Å²) < 4.78 is 43.9. The number of hydrogen-bond acceptors (Lipinski definition) is 4. The van der Waals surface area contributed by atoms with Crippen LogP contribution in [0.4, 0.5) is 4.39 Å². The van der Waals surface area contributed by atoms with Crippen molar-refractivity contribution in [1.82, 2.24) is 4.31 Å². The lowest BCUT2D eigenvalue weighted by molar-refractivity contribution is 0.385. The molecule has 1 aromatic rings. The number of halogens is 2. The molecular weight excluding hydrogens is 295 g/mol. The lowest BCUT2D eigenvalue weighted by atomic mass is 10.3. The van der Waals surface area contributed by atoms with E-state index in [9.17, 15) is 12.8 Å². The summed E-state index contributed by atoms with van der Waals surface area (Å²) in [5.41, 5.74) is 5.68. The molecule has 1 unspecified atom stereocenters. The number of sulfonamides is 1. The van der Waals surface area contributed by atoms with Crippen LogP contribution in [-0.4, -0.2) is 39.0 Å². The summed E-state index contributed by atoms with van der Waals surface area (Å²) in [5, 5.41) is 0. The molecule has 1 atom stereocenters. The highest BCUT2D eigenvalue weighted by Crippen LogP contribution is 2.25. The highest BCUT2D eigenvalue weighted by atomic mass is 35.5. The Kier molecular flexibility index (Phi) is 5.14. The Morgan fingerprint density at radius 1 is 1.47 bits per heavy atom. The number of nitrogens with zero attached hydrogens (tertiary/aromatic N) is 1. The third kappa shape index (κ3) is 3.17. The molecule has 19 heavy (non-hydrogen) atoms. The van der Waals surface area contributed by atoms with E-state index >= 15 is 0 Å². The minimum atomic E-state index is -3.66. The smallest absolute Gasteiger partial charge is 0.243 e. The number of ether oxygens (including phenoxy) is 1. The van der Waals surface area contributed by atoms with Gasteiger partial charge < -0.3 is 10.5 Å². The zero-order chi connectivity index (χ0) is 13.3. The molecule has 1 aliphatic heterocycles. The van der Waals surface area contributed by atoms with Crippen molar-refractivity contribution in [2.75, 3.05) is 20.2 Å². The van der Waals surface area contributed by atoms with Gasteiger partial charge in [-0.2, -0.15) is 4.31 Å². The minimum absolute atomic E-state index is 0. The molecule has 2 N–H and O–H groups in total. The lowest BCUT2D eigenvalue weighted by Crippen LogP contribution is -2.32. The topological polar surface area (TPSA) is 72.6 Å². The Bertz CT molecular complexity index is 553. The predicted molar refractivity (Wildman–Crippen MR) is 71.6 cm³/mol. The molecule has 1 aliphatic rings. The predicted octanol–water partition coefficient (Wildman–Crippen LogP) is 0.978. The van der Waals surface area contributed by atoms with Gasteiger partial charge in [-0.15, -0.1) is 12.4 Å². The second-order valence-electron chi connectivity index (χ2n) is 4.21. The average molecular weight is 311 g/mol. The summed E-state index contributed by atoms with van der Waals surface area (Å²) in [5.74, 6) is -0.672. The Morgan fingerprint density at radius 2 is 2.16 bits per heavy atom. The average Bonchev–Trinajstić information content (AvgIpc) is 2.76. The molecule has 5 nitrogen and oxygen atoms in total. The Hall–Kier alpha value is -0.890. The normalized spacial score (nSPS) is 20.1. The fraction of sp³-hybridized carbons (Fsp3) is 0.455. The maximum atomic E-state index is 13.5. The maximum Gasteiger partial charge on any atom is 0.243 e. The van der Waals surface area contributed by atoms with Crippen LogP contribution < -0.4 is 10.5 Å². The van der Waals surface area contributed by atoms with E-state index in [1.54, 1.807) is 0 Å². The molecule has 1 heterocycles. The van der Waals surface area contributed by atoms with Crippen LogP contribution in [0, 0.1) is 5.82 Å². The molecule has 8 heteroatoms. The van der Waals surface area contributed by atoms with Gasteiger partial charge in [-0.1, -0.05) is 0 Å². The Labute approximate surface area is 118 Å². The van der Waals surface area contributed by atoms with E-state index in [-0.39, 0.29) is 35.6 Å². The molecule has 1 aromatic carbocycles. The van der Waals surface area contributed by atoms with Crippen molar-refractivity contribution in [3.05, 3.63) is 24.0 Å². The van der Waals surface area contributed by atoms with E-state index in [1.165, 1.54) is 23.5 Å². The molecule has 0 spiro atoms. The largest absolute Gasteiger partial charge is 0.494 e. The molecule has 1 fully saturated rings. The van der Waals surface area contributed by atoms with Gasteiger partial charge in [0.05, 0.1) is 12.0 Å². The van der Waals surface area contributed by atoms with Crippen LogP contribution in [0.3, 0.4) is 0 Å². The summed E-state index contributed by atoms with van der Waals surface area (Å²) in [4.78, 5) is -0.0742. The van der Waals surface area contributed by atoms with Crippen LogP contribution in [0.5, 0.6) is 5.75 Å². The van der Waals surface area contributed by atoms with Crippen molar-refractivity contribution in [1.29, 1.82) is 0 Å². The first-order valence-corrected chi connectivity index (χ1v) is 6.98. The van der Waals surface area contributed by atoms with E-state index < -0.39 is 15.8 Å². The third-order valence-corrected chi connectivity index (χ3v) is 4.81. The SMILES string of the molecule is COc1ccc(S(=O)(=O)N2CCC(N)C2)cc1F.Cl. The first-order chi connectivity index (χ1) is 8.45. The van der Waals surface area contributed by atoms with E-state index in [4.69, 9.17) is 10.5 Å². The lowest BCUT2D eigenvalue weighted by Gasteiger charge is -2.16. The third-order valence-electron chi connectivity index (χ3n) is 2.95. The Balaban J connectivity index is 0.00000180. The van der Waals surface area contributed by atoms with Crippen LogP contribution >= 0.6 is 12.4 Å². The van der Waals surface area contributed by atoms with Gasteiger partial charge in [0.2, 0.25) is 10.0 Å². The molecule has 0 aromatic heterocycles. The van der Waals surface area contributed by atoms with Crippen molar-refractivity contribution in [2.24, 2.45) is 5.73 Å². The van der Waals surface area contributed by atoms with Crippen molar-refractivity contribution in [3.63, 3.8) is 0 Å². The van der Waals surface area contributed by atoms with E-state index in [0.717, 1.165) is 6.07 Å². The van der Waals surface area contributed by atoms with Gasteiger partial charge in [-0.05, 0) is 24.6 Å². The summed E-state index contributed by atoms with van der Waals surface area (Å²) in [6.45, 7) is 0.646. The first kappa shape index (κ1) is 16.2. The van der Waals surface area contributed by atoms with Gasteiger partial charge in [0, 0.05) is 19.1 Å². The summed E-state index contributed by atoms with van der Waals surface area (Å²) in [6.07, 6.45) is 0.623. The quantitative estimate of drug-likeness (QED) is 0.903. The summed E-state index contributed by atoms with van der Waals surface area (Å²) >= 11 is 0. The number of hydrogen-bond donors (Lipinski definition) is 1. The molecule has 0 radical (unpaired) electrons. The van der Waals surface area contributed by atoms with Gasteiger partial charge >= 0.3 is 0 Å². The van der Waals surface area contributed by atoms with Gasteiger partial charge in [-0.25, -0.2) is 12.8 Å². The molecule has 1 saturated heterocycles. The molecule has 0 saturated carbocycles. The number of rotatable bonds is 3. The van der Waals surface area contributed by atoms with Gasteiger partial charge in [0.1, 0.15) is 0 Å². The van der Waals surface area contributed by atoms with Crippen LogP contribution in [-0.2, 0) is 10.0 Å². The van der Waals surface area contributed by atoms with Crippen molar-refractivity contribution in [3.8, 4) is 5.75 Å². The monoisotopic (exact) mass is 310 g/mol. The highest BCUT2D eigenvalue weighted by Gasteiger charge is 2.31. The second-order valence-corrected chi connectivity index (χ2v) is 6.15. The zero-order valence-electron chi connectivity index (χ0n) is 10.4. The van der Waals surface area contributed by atoms with Crippen molar-refractivity contribution in [2.45, 2.75) is 17.4 Å². The fourth-order valence-corrected chi connectivity index (χ4v) is 3.45. The minimum Gasteiger partial charge on any atom is -0.494 e. The van der Waals surface area contributed by atoms with Crippen LogP contribution in [0.2, 0.25) is 0 Å². The molecular formula is C11H16ClFN2O3S. The van der Waals surface area contributed by atoms with E-state index in [2.05, 4.69) is 0 Å². The Morgan fingerprint density at radius 3 is 2.63 bits per heavy atom. The molecule has 108 valence electrons. The van der Waals surface area contributed by atoms with E-state index in [1.807, 2.05) is 0 Å². The highest BCUT2D eigenvalue weighted by molar-refractivity contribution is 7.89. The molecule has 0 amide bonds. The van der Waals surface area contributed by atoms with Crippen LogP contribution in [0.15, 0.2) is 23.1 Å². The first-order valence-electron chi connectivity index (χ1n) is 5.54. The van der Waals surface area contributed by atoms with Crippen LogP contribution in [0.25, 0.3) is 0 Å². The number of benzene rings is 1. The standard InChI is InChI=1S/C11H15FN2O3S.ClH/c1-17-11-3-2-9(6-10(11)12)18(15,16)14-5-4-8(13)7-14;/h2-3,6,8H,4-5,7,13H2,1H3;1H. The van der Waals surface area contributed by atoms with E-state index in [0.29, 0.717) is 13.0 Å². The van der Waals surface area contributed by atoms with Crippen molar-refractivity contribution >= 4 is 22.4 Å². The molecule has 0 aliphatic carbocycles. The van der Waals surface area contributed by atoms with Gasteiger partial charge in [0.15, 0.2) is 11.6 Å². The van der Waals surface area contributed by atoms with Gasteiger partial charge in [0.25, 0.3) is 0 Å². The summed E-state index contributed by atoms with van der Waals surface area (Å²) in [6, 6.07) is 3.46. The number of methoxy groups -OCH3 is 1. The summed E-state index contributed by atoms with van der Waals surface area (Å²) in [7, 11) is -2.34.